The maximum Gasteiger partial charge on any atom is 0.273 e. The number of hydrazone groups is 1. The highest BCUT2D eigenvalue weighted by Crippen LogP contribution is 2.29. The van der Waals surface area contributed by atoms with Gasteiger partial charge in [-0.3, -0.25) is 19.2 Å². The van der Waals surface area contributed by atoms with E-state index in [4.69, 9.17) is 0 Å². The van der Waals surface area contributed by atoms with Crippen LogP contribution in [0.15, 0.2) is 113 Å². The molecule has 0 radical (unpaired) electrons. The van der Waals surface area contributed by atoms with Crippen LogP contribution in [0.3, 0.4) is 0 Å². The van der Waals surface area contributed by atoms with Crippen LogP contribution >= 0.6 is 0 Å². The molecule has 4 rings (SSSR count). The van der Waals surface area contributed by atoms with Gasteiger partial charge in [0.15, 0.2) is 0 Å². The lowest BCUT2D eigenvalue weighted by molar-refractivity contribution is -0.384. The molecule has 1 N–H and O–H groups in total. The van der Waals surface area contributed by atoms with Gasteiger partial charge in [0.05, 0.1) is 33.8 Å². The summed E-state index contributed by atoms with van der Waals surface area (Å²) in [6.45, 7) is 1.87. The van der Waals surface area contributed by atoms with Crippen LogP contribution in [0.1, 0.15) is 27.0 Å². The minimum Gasteiger partial charge on any atom is -0.267 e. The summed E-state index contributed by atoms with van der Waals surface area (Å²) in [5, 5.41) is 14.9. The lowest BCUT2D eigenvalue weighted by Gasteiger charge is -2.26. The van der Waals surface area contributed by atoms with Crippen molar-refractivity contribution in [2.24, 2.45) is 5.10 Å². The fourth-order valence-electron chi connectivity index (χ4n) is 3.71. The second-order valence-corrected chi connectivity index (χ2v) is 10.2. The Hall–Kier alpha value is -4.83. The average molecular weight is 529 g/mol. The Morgan fingerprint density at radius 3 is 2.34 bits per heavy atom. The first-order valence-electron chi connectivity index (χ1n) is 11.6. The number of nitro benzene ring substituents is 1. The van der Waals surface area contributed by atoms with Gasteiger partial charge in [-0.15, -0.1) is 0 Å². The lowest BCUT2D eigenvalue weighted by atomic mass is 10.1. The van der Waals surface area contributed by atoms with Gasteiger partial charge in [0.2, 0.25) is 0 Å². The van der Waals surface area contributed by atoms with Gasteiger partial charge in [0.25, 0.3) is 21.6 Å². The number of carbonyl (C=O) groups is 1. The second-order valence-electron chi connectivity index (χ2n) is 8.38. The number of non-ortho nitro benzene ring substituents is 1. The lowest BCUT2D eigenvalue weighted by Crippen LogP contribution is -2.33. The van der Waals surface area contributed by atoms with E-state index in [0.29, 0.717) is 5.56 Å². The molecule has 1 amide bonds. The molecule has 0 aliphatic heterocycles. The van der Waals surface area contributed by atoms with Crippen LogP contribution in [-0.4, -0.2) is 25.5 Å². The first kappa shape index (κ1) is 26.2. The number of nitro groups is 1. The number of hydrogen-bond acceptors (Lipinski definition) is 6. The Kier molecular flexibility index (Phi) is 7.93. The van der Waals surface area contributed by atoms with E-state index >= 15 is 0 Å². The van der Waals surface area contributed by atoms with Crippen molar-refractivity contribution >= 4 is 33.5 Å². The molecule has 0 fully saturated rings. The molecule has 0 aromatic heterocycles. The number of rotatable bonds is 9. The van der Waals surface area contributed by atoms with Crippen molar-refractivity contribution in [1.82, 2.24) is 5.43 Å². The zero-order valence-corrected chi connectivity index (χ0v) is 21.2. The molecular formula is C28H24N4O5S. The smallest absolute Gasteiger partial charge is 0.267 e. The van der Waals surface area contributed by atoms with Gasteiger partial charge in [0.1, 0.15) is 0 Å². The molecule has 0 unspecified atom stereocenters. The molecule has 4 aromatic rings. The van der Waals surface area contributed by atoms with Crippen molar-refractivity contribution in [3.63, 3.8) is 0 Å². The maximum absolute atomic E-state index is 13.8. The zero-order valence-electron chi connectivity index (χ0n) is 20.4. The number of nitrogens with one attached hydrogen (secondary N) is 1. The van der Waals surface area contributed by atoms with Gasteiger partial charge in [-0.2, -0.15) is 5.10 Å². The molecule has 10 heteroatoms. The normalized spacial score (nSPS) is 11.3. The van der Waals surface area contributed by atoms with Crippen LogP contribution in [0.25, 0.3) is 0 Å². The molecule has 0 atom stereocenters. The molecule has 192 valence electrons. The number of carbonyl (C=O) groups excluding carboxylic acids is 1. The van der Waals surface area contributed by atoms with E-state index in [9.17, 15) is 23.3 Å². The Morgan fingerprint density at radius 1 is 0.947 bits per heavy atom. The highest BCUT2D eigenvalue weighted by Gasteiger charge is 2.28. The Bertz CT molecular complexity index is 1590. The molecule has 0 saturated carbocycles. The molecule has 0 spiro atoms. The third-order valence-corrected chi connectivity index (χ3v) is 7.43. The molecule has 0 aliphatic carbocycles. The summed E-state index contributed by atoms with van der Waals surface area (Å²) < 4.78 is 28.8. The van der Waals surface area contributed by atoms with Crippen molar-refractivity contribution in [1.29, 1.82) is 0 Å². The molecule has 0 saturated heterocycles. The molecule has 9 nitrogen and oxygen atoms in total. The van der Waals surface area contributed by atoms with Gasteiger partial charge in [-0.05, 0) is 36.8 Å². The Balaban J connectivity index is 1.68. The number of hydrogen-bond donors (Lipinski definition) is 1. The monoisotopic (exact) mass is 528 g/mol. The van der Waals surface area contributed by atoms with E-state index in [1.807, 2.05) is 37.3 Å². The SMILES string of the molecule is Cc1ccc(S(=O)(=O)N(Cc2ccccc2)c2ccccc2C(=O)N/N=C\c2cccc([N+](=O)[O-])c2)cc1. The van der Waals surface area contributed by atoms with Gasteiger partial charge in [-0.25, -0.2) is 13.8 Å². The molecular weight excluding hydrogens is 504 g/mol. The molecule has 4 aromatic carbocycles. The van der Waals surface area contributed by atoms with Crippen LogP contribution in [0, 0.1) is 17.0 Å². The number of amides is 1. The van der Waals surface area contributed by atoms with E-state index in [1.54, 1.807) is 36.4 Å². The topological polar surface area (TPSA) is 122 Å². The van der Waals surface area contributed by atoms with E-state index in [1.165, 1.54) is 46.9 Å². The second kappa shape index (κ2) is 11.5. The predicted molar refractivity (Wildman–Crippen MR) is 146 cm³/mol. The number of benzene rings is 4. The molecule has 38 heavy (non-hydrogen) atoms. The van der Waals surface area contributed by atoms with Gasteiger partial charge >= 0.3 is 0 Å². The van der Waals surface area contributed by atoms with Gasteiger partial charge in [0, 0.05) is 17.7 Å². The number of anilines is 1. The molecule has 0 bridgehead atoms. The molecule has 0 aliphatic rings. The van der Waals surface area contributed by atoms with Gasteiger partial charge < -0.3 is 0 Å². The first-order chi connectivity index (χ1) is 18.3. The summed E-state index contributed by atoms with van der Waals surface area (Å²) in [6.07, 6.45) is 1.28. The minimum atomic E-state index is -4.05. The zero-order chi connectivity index (χ0) is 27.1. The summed E-state index contributed by atoms with van der Waals surface area (Å²) in [4.78, 5) is 23.7. The van der Waals surface area contributed by atoms with Crippen molar-refractivity contribution in [2.45, 2.75) is 18.4 Å². The Morgan fingerprint density at radius 2 is 1.63 bits per heavy atom. The number of nitrogens with zero attached hydrogens (tertiary/aromatic N) is 3. The van der Waals surface area contributed by atoms with Crippen LogP contribution in [0.5, 0.6) is 0 Å². The largest absolute Gasteiger partial charge is 0.273 e. The van der Waals surface area contributed by atoms with Gasteiger partial charge in [-0.1, -0.05) is 72.3 Å². The van der Waals surface area contributed by atoms with E-state index < -0.39 is 20.9 Å². The van der Waals surface area contributed by atoms with Crippen molar-refractivity contribution in [2.75, 3.05) is 4.31 Å². The third-order valence-electron chi connectivity index (χ3n) is 5.66. The number of aryl methyl sites for hydroxylation is 1. The quantitative estimate of drug-likeness (QED) is 0.185. The highest BCUT2D eigenvalue weighted by atomic mass is 32.2. The average Bonchev–Trinajstić information content (AvgIpc) is 2.92. The Labute approximate surface area is 220 Å². The summed E-state index contributed by atoms with van der Waals surface area (Å²) in [5.74, 6) is -0.639. The van der Waals surface area contributed by atoms with Crippen molar-refractivity contribution in [3.8, 4) is 0 Å². The van der Waals surface area contributed by atoms with Crippen molar-refractivity contribution in [3.05, 3.63) is 135 Å². The van der Waals surface area contributed by atoms with E-state index in [2.05, 4.69) is 10.5 Å². The van der Waals surface area contributed by atoms with Crippen LogP contribution in [0.2, 0.25) is 0 Å². The number of sulfonamides is 1. The predicted octanol–water partition coefficient (Wildman–Crippen LogP) is 5.06. The standard InChI is InChI=1S/C28H24N4O5S/c1-21-14-16-25(17-15-21)38(36,37)31(20-22-8-3-2-4-9-22)27-13-6-5-12-26(27)28(33)30-29-19-23-10-7-11-24(18-23)32(34)35/h2-19H,20H2,1H3,(H,30,33)/b29-19-. The third kappa shape index (κ3) is 6.11. The summed E-state index contributed by atoms with van der Waals surface area (Å²) in [5.41, 5.74) is 4.63. The first-order valence-corrected chi connectivity index (χ1v) is 13.0. The van der Waals surface area contributed by atoms with Crippen LogP contribution in [-0.2, 0) is 16.6 Å². The van der Waals surface area contributed by atoms with Crippen LogP contribution < -0.4 is 9.73 Å². The summed E-state index contributed by atoms with van der Waals surface area (Å²) >= 11 is 0. The highest BCUT2D eigenvalue weighted by molar-refractivity contribution is 7.92. The fraction of sp³-hybridized carbons (Fsp3) is 0.0714. The van der Waals surface area contributed by atoms with Crippen LogP contribution in [0.4, 0.5) is 11.4 Å². The maximum atomic E-state index is 13.8. The summed E-state index contributed by atoms with van der Waals surface area (Å²) in [6, 6.07) is 27.7. The number of para-hydroxylation sites is 1. The van der Waals surface area contributed by atoms with E-state index in [0.717, 1.165) is 11.1 Å². The fourth-order valence-corrected chi connectivity index (χ4v) is 5.19. The minimum absolute atomic E-state index is 0.00169. The molecule has 0 heterocycles. The van der Waals surface area contributed by atoms with Crippen molar-refractivity contribution < 1.29 is 18.1 Å². The summed E-state index contributed by atoms with van der Waals surface area (Å²) in [7, 11) is -4.05. The van der Waals surface area contributed by atoms with E-state index in [-0.39, 0.29) is 28.4 Å².